The van der Waals surface area contributed by atoms with E-state index in [2.05, 4.69) is 20.8 Å². The number of aromatic amines is 1. The number of rotatable bonds is 7. The Kier molecular flexibility index (Phi) is 6.49. The van der Waals surface area contributed by atoms with Crippen LogP contribution in [0.15, 0.2) is 24.3 Å². The maximum absolute atomic E-state index is 13.0. The Balaban J connectivity index is 1.15. The number of hydrogen-bond acceptors (Lipinski definition) is 5. The molecule has 1 saturated heterocycles. The third-order valence-corrected chi connectivity index (χ3v) is 7.85. The summed E-state index contributed by atoms with van der Waals surface area (Å²) in [5.74, 6) is 0.336. The van der Waals surface area contributed by atoms with Crippen LogP contribution in [0.4, 0.5) is 16.3 Å². The molecule has 3 atom stereocenters. The molecule has 36 heavy (non-hydrogen) atoms. The van der Waals surface area contributed by atoms with Crippen molar-refractivity contribution >= 4 is 29.4 Å². The van der Waals surface area contributed by atoms with Gasteiger partial charge in [-0.3, -0.25) is 14.7 Å². The highest BCUT2D eigenvalue weighted by Crippen LogP contribution is 2.37. The average molecular weight is 494 g/mol. The Bertz CT molecular complexity index is 1170. The van der Waals surface area contributed by atoms with E-state index in [1.165, 1.54) is 0 Å². The lowest BCUT2D eigenvalue weighted by atomic mass is 9.95. The van der Waals surface area contributed by atoms with Gasteiger partial charge in [0.05, 0.1) is 5.92 Å². The number of benzene rings is 1. The van der Waals surface area contributed by atoms with Crippen molar-refractivity contribution < 1.29 is 19.1 Å². The highest BCUT2D eigenvalue weighted by molar-refractivity contribution is 5.96. The maximum Gasteiger partial charge on any atom is 0.407 e. The first kappa shape index (κ1) is 24.3. The fourth-order valence-corrected chi connectivity index (χ4v) is 5.29. The SMILES string of the molecule is Cc1cc(N2CCCC2=O)ccc1C(C)C(=O)Nc1cc([C@@H]2CC[C@@H](OC(=O)NC3(C)CC3)C2)[nH]n1. The number of aromatic nitrogens is 2. The van der Waals surface area contributed by atoms with Gasteiger partial charge in [-0.15, -0.1) is 0 Å². The van der Waals surface area contributed by atoms with E-state index in [4.69, 9.17) is 4.74 Å². The van der Waals surface area contributed by atoms with Gasteiger partial charge in [-0.1, -0.05) is 6.07 Å². The number of nitrogens with zero attached hydrogens (tertiary/aromatic N) is 2. The molecule has 9 heteroatoms. The first-order valence-electron chi connectivity index (χ1n) is 13.0. The van der Waals surface area contributed by atoms with E-state index < -0.39 is 0 Å². The second-order valence-corrected chi connectivity index (χ2v) is 10.8. The summed E-state index contributed by atoms with van der Waals surface area (Å²) < 4.78 is 5.61. The Labute approximate surface area is 211 Å². The van der Waals surface area contributed by atoms with E-state index >= 15 is 0 Å². The topological polar surface area (TPSA) is 116 Å². The van der Waals surface area contributed by atoms with Crippen molar-refractivity contribution in [3.05, 3.63) is 41.1 Å². The van der Waals surface area contributed by atoms with Crippen LogP contribution < -0.4 is 15.5 Å². The van der Waals surface area contributed by atoms with Crippen molar-refractivity contribution in [3.8, 4) is 0 Å². The third kappa shape index (κ3) is 5.24. The summed E-state index contributed by atoms with van der Waals surface area (Å²) in [6.07, 6.45) is 5.48. The van der Waals surface area contributed by atoms with Crippen molar-refractivity contribution in [3.63, 3.8) is 0 Å². The number of amides is 3. The van der Waals surface area contributed by atoms with Crippen LogP contribution in [0.5, 0.6) is 0 Å². The fourth-order valence-electron chi connectivity index (χ4n) is 5.29. The summed E-state index contributed by atoms with van der Waals surface area (Å²) in [6.45, 7) is 6.62. The predicted octanol–water partition coefficient (Wildman–Crippen LogP) is 4.50. The third-order valence-electron chi connectivity index (χ3n) is 7.85. The van der Waals surface area contributed by atoms with E-state index in [0.717, 1.165) is 67.6 Å². The molecule has 0 radical (unpaired) electrons. The standard InChI is InChI=1S/C27H35N5O4/c1-16-13-19(32-12-4-5-24(32)33)7-9-21(16)17(2)25(34)28-23-15-22(30-31-23)18-6-8-20(14-18)36-26(35)29-27(3)10-11-27/h7,9,13,15,17-18,20H,4-6,8,10-12,14H2,1-3H3,(H,29,35)(H2,28,30,31,34)/t17?,18-,20-/m1/s1. The molecule has 1 aromatic heterocycles. The normalized spacial score (nSPS) is 23.4. The number of nitrogens with one attached hydrogen (secondary N) is 3. The minimum Gasteiger partial charge on any atom is -0.446 e. The zero-order valence-corrected chi connectivity index (χ0v) is 21.2. The minimum atomic E-state index is -0.371. The van der Waals surface area contributed by atoms with Crippen LogP contribution in [0.1, 0.15) is 87.4 Å². The monoisotopic (exact) mass is 493 g/mol. The molecule has 9 nitrogen and oxygen atoms in total. The minimum absolute atomic E-state index is 0.0871. The summed E-state index contributed by atoms with van der Waals surface area (Å²) in [5, 5.41) is 13.2. The predicted molar refractivity (Wildman–Crippen MR) is 136 cm³/mol. The van der Waals surface area contributed by atoms with Crippen LogP contribution >= 0.6 is 0 Å². The van der Waals surface area contributed by atoms with Crippen molar-refractivity contribution in [1.82, 2.24) is 15.5 Å². The van der Waals surface area contributed by atoms with Gasteiger partial charge in [0, 0.05) is 41.9 Å². The van der Waals surface area contributed by atoms with Crippen LogP contribution in [0.2, 0.25) is 0 Å². The van der Waals surface area contributed by atoms with Gasteiger partial charge in [-0.05, 0) is 82.6 Å². The number of alkyl carbamates (subject to hydrolysis) is 1. The Morgan fingerprint density at radius 2 is 2.06 bits per heavy atom. The summed E-state index contributed by atoms with van der Waals surface area (Å²) >= 11 is 0. The molecule has 1 unspecified atom stereocenters. The molecular weight excluding hydrogens is 458 g/mol. The number of H-pyrrole nitrogens is 1. The molecule has 1 aromatic carbocycles. The number of ether oxygens (including phenoxy) is 1. The average Bonchev–Trinajstić information content (AvgIpc) is 3.25. The summed E-state index contributed by atoms with van der Waals surface area (Å²) in [5.41, 5.74) is 3.65. The van der Waals surface area contributed by atoms with Crippen molar-refractivity contribution in [2.45, 2.75) is 89.2 Å². The molecule has 3 fully saturated rings. The molecule has 0 bridgehead atoms. The lowest BCUT2D eigenvalue weighted by molar-refractivity contribution is -0.118. The van der Waals surface area contributed by atoms with E-state index in [9.17, 15) is 14.4 Å². The highest BCUT2D eigenvalue weighted by atomic mass is 16.6. The van der Waals surface area contributed by atoms with Gasteiger partial charge in [-0.25, -0.2) is 4.79 Å². The van der Waals surface area contributed by atoms with Crippen LogP contribution in [0.25, 0.3) is 0 Å². The highest BCUT2D eigenvalue weighted by Gasteiger charge is 2.40. The molecule has 2 aromatic rings. The second kappa shape index (κ2) is 9.59. The van der Waals surface area contributed by atoms with Gasteiger partial charge in [0.25, 0.3) is 0 Å². The molecule has 5 rings (SSSR count). The molecule has 2 aliphatic carbocycles. The molecule has 2 saturated carbocycles. The smallest absolute Gasteiger partial charge is 0.407 e. The summed E-state index contributed by atoms with van der Waals surface area (Å²) in [6, 6.07) is 7.72. The molecule has 2 heterocycles. The van der Waals surface area contributed by atoms with Crippen molar-refractivity contribution in [2.24, 2.45) is 0 Å². The molecular formula is C27H35N5O4. The number of carbonyl (C=O) groups excluding carboxylic acids is 3. The molecule has 3 aliphatic rings. The van der Waals surface area contributed by atoms with E-state index in [0.29, 0.717) is 12.2 Å². The van der Waals surface area contributed by atoms with E-state index in [-0.39, 0.29) is 41.4 Å². The summed E-state index contributed by atoms with van der Waals surface area (Å²) in [7, 11) is 0. The number of aryl methyl sites for hydroxylation is 1. The van der Waals surface area contributed by atoms with Gasteiger partial charge in [0.2, 0.25) is 11.8 Å². The molecule has 0 spiro atoms. The maximum atomic E-state index is 13.0. The first-order chi connectivity index (χ1) is 17.2. The van der Waals surface area contributed by atoms with Crippen molar-refractivity contribution in [1.29, 1.82) is 0 Å². The Morgan fingerprint density at radius 3 is 2.75 bits per heavy atom. The molecule has 3 N–H and O–H groups in total. The zero-order chi connectivity index (χ0) is 25.4. The first-order valence-corrected chi connectivity index (χ1v) is 13.0. The number of hydrogen-bond donors (Lipinski definition) is 3. The van der Waals surface area contributed by atoms with Crippen LogP contribution in [0.3, 0.4) is 0 Å². The van der Waals surface area contributed by atoms with Crippen LogP contribution in [-0.4, -0.2) is 46.3 Å². The Hall–Kier alpha value is -3.36. The van der Waals surface area contributed by atoms with Crippen LogP contribution in [0, 0.1) is 6.92 Å². The second-order valence-electron chi connectivity index (χ2n) is 10.8. The molecule has 1 aliphatic heterocycles. The van der Waals surface area contributed by atoms with Gasteiger partial charge in [-0.2, -0.15) is 5.10 Å². The lowest BCUT2D eigenvalue weighted by Gasteiger charge is -2.19. The lowest BCUT2D eigenvalue weighted by Crippen LogP contribution is -2.36. The van der Waals surface area contributed by atoms with Gasteiger partial charge < -0.3 is 20.3 Å². The summed E-state index contributed by atoms with van der Waals surface area (Å²) in [4.78, 5) is 39.0. The van der Waals surface area contributed by atoms with E-state index in [1.54, 1.807) is 0 Å². The van der Waals surface area contributed by atoms with Gasteiger partial charge in [0.15, 0.2) is 5.82 Å². The Morgan fingerprint density at radius 1 is 1.25 bits per heavy atom. The van der Waals surface area contributed by atoms with Gasteiger partial charge >= 0.3 is 6.09 Å². The van der Waals surface area contributed by atoms with E-state index in [1.807, 2.05) is 49.9 Å². The van der Waals surface area contributed by atoms with Gasteiger partial charge in [0.1, 0.15) is 6.10 Å². The number of anilines is 2. The zero-order valence-electron chi connectivity index (χ0n) is 21.2. The van der Waals surface area contributed by atoms with Crippen LogP contribution in [-0.2, 0) is 14.3 Å². The van der Waals surface area contributed by atoms with Crippen molar-refractivity contribution in [2.75, 3.05) is 16.8 Å². The number of carbonyl (C=O) groups is 3. The quantitative estimate of drug-likeness (QED) is 0.525. The molecule has 3 amide bonds. The fraction of sp³-hybridized carbons (Fsp3) is 0.556. The largest absolute Gasteiger partial charge is 0.446 e. The molecule has 192 valence electrons.